The molecule has 3 aromatic carbocycles. The first-order valence-corrected chi connectivity index (χ1v) is 11.2. The van der Waals surface area contributed by atoms with Gasteiger partial charge in [0.05, 0.1) is 18.7 Å². The van der Waals surface area contributed by atoms with Crippen LogP contribution in [0.1, 0.15) is 22.7 Å². The lowest BCUT2D eigenvalue weighted by molar-refractivity contribution is -0.139. The zero-order chi connectivity index (χ0) is 24.5. The number of halogens is 1. The van der Waals surface area contributed by atoms with Crippen LogP contribution in [0.5, 0.6) is 5.75 Å². The van der Waals surface area contributed by atoms with Crippen LogP contribution in [-0.2, 0) is 16.0 Å². The molecular formula is C28H23FN2O4. The fraction of sp³-hybridized carbons (Fsp3) is 0.143. The maximum atomic E-state index is 15.0. The van der Waals surface area contributed by atoms with Gasteiger partial charge in [-0.05, 0) is 48.4 Å². The van der Waals surface area contributed by atoms with Gasteiger partial charge in [-0.15, -0.1) is 0 Å². The molecule has 2 heterocycles. The van der Waals surface area contributed by atoms with Crippen LogP contribution in [0.4, 0.5) is 4.39 Å². The van der Waals surface area contributed by atoms with Gasteiger partial charge in [0.25, 0.3) is 11.7 Å². The number of carbonyl (C=O) groups is 2. The van der Waals surface area contributed by atoms with Gasteiger partial charge >= 0.3 is 0 Å². The Morgan fingerprint density at radius 2 is 1.74 bits per heavy atom. The van der Waals surface area contributed by atoms with Crippen molar-refractivity contribution in [2.75, 3.05) is 13.7 Å². The highest BCUT2D eigenvalue weighted by molar-refractivity contribution is 6.46. The van der Waals surface area contributed by atoms with E-state index >= 15 is 0 Å². The van der Waals surface area contributed by atoms with Crippen molar-refractivity contribution in [3.8, 4) is 5.75 Å². The minimum Gasteiger partial charge on any atom is -0.507 e. The van der Waals surface area contributed by atoms with E-state index in [-0.39, 0.29) is 23.4 Å². The number of hydrogen-bond acceptors (Lipinski definition) is 4. The number of aromatic nitrogens is 1. The smallest absolute Gasteiger partial charge is 0.295 e. The second-order valence-electron chi connectivity index (χ2n) is 8.35. The molecule has 1 atom stereocenters. The van der Waals surface area contributed by atoms with Gasteiger partial charge in [-0.2, -0.15) is 0 Å². The Hall–Kier alpha value is -4.39. The van der Waals surface area contributed by atoms with E-state index in [0.29, 0.717) is 17.7 Å². The summed E-state index contributed by atoms with van der Waals surface area (Å²) in [7, 11) is 1.52. The molecule has 1 saturated heterocycles. The van der Waals surface area contributed by atoms with E-state index in [1.807, 2.05) is 30.5 Å². The Morgan fingerprint density at radius 3 is 2.49 bits per heavy atom. The van der Waals surface area contributed by atoms with E-state index in [2.05, 4.69) is 4.98 Å². The lowest BCUT2D eigenvalue weighted by Gasteiger charge is -2.25. The van der Waals surface area contributed by atoms with E-state index in [1.54, 1.807) is 36.4 Å². The van der Waals surface area contributed by atoms with E-state index < -0.39 is 23.5 Å². The maximum Gasteiger partial charge on any atom is 0.295 e. The number of nitrogens with one attached hydrogen (secondary N) is 1. The number of para-hydroxylation sites is 1. The van der Waals surface area contributed by atoms with Crippen LogP contribution < -0.4 is 4.74 Å². The zero-order valence-corrected chi connectivity index (χ0v) is 19.0. The minimum absolute atomic E-state index is 0.135. The van der Waals surface area contributed by atoms with Crippen molar-refractivity contribution in [2.24, 2.45) is 0 Å². The summed E-state index contributed by atoms with van der Waals surface area (Å²) in [6.45, 7) is 0.171. The number of aromatic amines is 1. The number of fused-ring (bicyclic) bond motifs is 1. The quantitative estimate of drug-likeness (QED) is 0.237. The molecule has 0 radical (unpaired) electrons. The number of nitrogens with zero attached hydrogens (tertiary/aromatic N) is 1. The van der Waals surface area contributed by atoms with Gasteiger partial charge in [-0.3, -0.25) is 9.59 Å². The first-order chi connectivity index (χ1) is 17.0. The lowest BCUT2D eigenvalue weighted by Crippen LogP contribution is -2.32. The van der Waals surface area contributed by atoms with Crippen molar-refractivity contribution < 1.29 is 23.8 Å². The summed E-state index contributed by atoms with van der Waals surface area (Å²) in [5.41, 5.74) is 2.30. The number of rotatable bonds is 6. The van der Waals surface area contributed by atoms with Crippen molar-refractivity contribution in [3.63, 3.8) is 0 Å². The maximum absolute atomic E-state index is 15.0. The molecule has 2 N–H and O–H groups in total. The van der Waals surface area contributed by atoms with Crippen molar-refractivity contribution in [2.45, 2.75) is 12.5 Å². The Balaban J connectivity index is 1.57. The molecular weight excluding hydrogens is 447 g/mol. The van der Waals surface area contributed by atoms with Gasteiger partial charge in [0.2, 0.25) is 0 Å². The van der Waals surface area contributed by atoms with Crippen molar-refractivity contribution >= 4 is 28.4 Å². The molecule has 7 heteroatoms. The van der Waals surface area contributed by atoms with Gasteiger partial charge in [0, 0.05) is 34.8 Å². The molecule has 35 heavy (non-hydrogen) atoms. The van der Waals surface area contributed by atoms with Crippen LogP contribution in [0.2, 0.25) is 0 Å². The number of benzene rings is 3. The molecule has 0 aliphatic carbocycles. The second kappa shape index (κ2) is 9.10. The van der Waals surface area contributed by atoms with Crippen LogP contribution in [0.15, 0.2) is 84.6 Å². The molecule has 176 valence electrons. The molecule has 0 saturated carbocycles. The number of amides is 1. The normalized spacial score (nSPS) is 17.3. The zero-order valence-electron chi connectivity index (χ0n) is 19.0. The molecule has 5 rings (SSSR count). The number of Topliss-reactive ketones (excluding diaryl/α,β-unsaturated/α-hetero) is 1. The number of methoxy groups -OCH3 is 1. The Bertz CT molecular complexity index is 1460. The Kier molecular flexibility index (Phi) is 5.82. The van der Waals surface area contributed by atoms with E-state index in [1.165, 1.54) is 24.1 Å². The predicted octanol–water partition coefficient (Wildman–Crippen LogP) is 4.98. The van der Waals surface area contributed by atoms with Crippen LogP contribution >= 0.6 is 0 Å². The van der Waals surface area contributed by atoms with Gasteiger partial charge in [0.15, 0.2) is 0 Å². The average molecular weight is 471 g/mol. The number of aliphatic hydroxyl groups is 1. The van der Waals surface area contributed by atoms with Gasteiger partial charge in [0.1, 0.15) is 17.3 Å². The number of hydrogen-bond donors (Lipinski definition) is 2. The summed E-state index contributed by atoms with van der Waals surface area (Å²) in [4.78, 5) is 30.9. The number of ether oxygens (including phenoxy) is 1. The van der Waals surface area contributed by atoms with Crippen LogP contribution in [-0.4, -0.2) is 40.3 Å². The molecule has 1 aliphatic rings. The highest BCUT2D eigenvalue weighted by Crippen LogP contribution is 2.40. The van der Waals surface area contributed by atoms with E-state index in [9.17, 15) is 19.1 Å². The Labute approximate surface area is 201 Å². The summed E-state index contributed by atoms with van der Waals surface area (Å²) in [5, 5.41) is 12.1. The van der Waals surface area contributed by atoms with Crippen molar-refractivity contribution in [1.29, 1.82) is 0 Å². The third-order valence-electron chi connectivity index (χ3n) is 6.40. The summed E-state index contributed by atoms with van der Waals surface area (Å²) in [6.07, 6.45) is 2.32. The minimum atomic E-state index is -1.05. The second-order valence-corrected chi connectivity index (χ2v) is 8.35. The van der Waals surface area contributed by atoms with Crippen LogP contribution in [0.25, 0.3) is 16.7 Å². The first-order valence-electron chi connectivity index (χ1n) is 11.2. The average Bonchev–Trinajstić information content (AvgIpc) is 3.41. The van der Waals surface area contributed by atoms with Crippen LogP contribution in [0, 0.1) is 5.82 Å². The largest absolute Gasteiger partial charge is 0.507 e. The Morgan fingerprint density at radius 1 is 1.03 bits per heavy atom. The van der Waals surface area contributed by atoms with Crippen molar-refractivity contribution in [1.82, 2.24) is 9.88 Å². The third kappa shape index (κ3) is 3.95. The molecule has 6 nitrogen and oxygen atoms in total. The molecule has 0 bridgehead atoms. The number of aliphatic hydroxyl groups excluding tert-OH is 1. The molecule has 1 amide bonds. The first kappa shape index (κ1) is 22.4. The molecule has 0 spiro atoms. The summed E-state index contributed by atoms with van der Waals surface area (Å²) < 4.78 is 20.1. The molecule has 4 aromatic rings. The SMILES string of the molecule is COc1ccc(C(O)=C2C(=O)C(=O)N(CCc3c[nH]c4ccccc34)C2c2ccccc2F)cc1. The monoisotopic (exact) mass is 470 g/mol. The van der Waals surface area contributed by atoms with Crippen molar-refractivity contribution in [3.05, 3.63) is 107 Å². The highest BCUT2D eigenvalue weighted by Gasteiger charge is 2.46. The molecule has 1 aromatic heterocycles. The third-order valence-corrected chi connectivity index (χ3v) is 6.40. The molecule has 1 aliphatic heterocycles. The summed E-state index contributed by atoms with van der Waals surface area (Å²) in [6, 6.07) is 19.2. The standard InChI is InChI=1S/C28H23FN2O4/c1-35-19-12-10-17(11-13-19)26(32)24-25(21-7-2-4-8-22(21)29)31(28(34)27(24)33)15-14-18-16-30-23-9-5-3-6-20(18)23/h2-13,16,25,30,32H,14-15H2,1H3. The number of ketones is 1. The van der Waals surface area contributed by atoms with Gasteiger partial charge in [-0.25, -0.2) is 4.39 Å². The molecule has 1 fully saturated rings. The highest BCUT2D eigenvalue weighted by atomic mass is 19.1. The topological polar surface area (TPSA) is 82.6 Å². The van der Waals surface area contributed by atoms with E-state index in [0.717, 1.165) is 16.5 Å². The number of carbonyl (C=O) groups excluding carboxylic acids is 2. The van der Waals surface area contributed by atoms with E-state index in [4.69, 9.17) is 4.74 Å². The van der Waals surface area contributed by atoms with Crippen LogP contribution in [0.3, 0.4) is 0 Å². The fourth-order valence-corrected chi connectivity index (χ4v) is 4.61. The fourth-order valence-electron chi connectivity index (χ4n) is 4.61. The lowest BCUT2D eigenvalue weighted by atomic mass is 9.94. The molecule has 1 unspecified atom stereocenters. The van der Waals surface area contributed by atoms with Gasteiger partial charge < -0.3 is 19.7 Å². The number of likely N-dealkylation sites (tertiary alicyclic amines) is 1. The summed E-state index contributed by atoms with van der Waals surface area (Å²) >= 11 is 0. The summed E-state index contributed by atoms with van der Waals surface area (Å²) in [5.74, 6) is -1.95. The predicted molar refractivity (Wildman–Crippen MR) is 130 cm³/mol. The van der Waals surface area contributed by atoms with Gasteiger partial charge in [-0.1, -0.05) is 36.4 Å². The number of H-pyrrole nitrogens is 1.